The SMILES string of the molecule is CC(=O)Nc1ccc(-c2csc(NC(=O)c3cc(S(=O)(=O)N(C)C)ccc3Cl)n2)cc1. The number of amides is 2. The van der Waals surface area contributed by atoms with Crippen molar-refractivity contribution in [2.24, 2.45) is 0 Å². The van der Waals surface area contributed by atoms with Crippen molar-refractivity contribution in [2.75, 3.05) is 24.7 Å². The lowest BCUT2D eigenvalue weighted by atomic mass is 10.1. The van der Waals surface area contributed by atoms with E-state index in [0.29, 0.717) is 16.5 Å². The molecule has 1 heterocycles. The minimum absolute atomic E-state index is 0.0287. The average Bonchev–Trinajstić information content (AvgIpc) is 3.16. The number of rotatable bonds is 6. The third kappa shape index (κ3) is 5.28. The van der Waals surface area contributed by atoms with Gasteiger partial charge in [-0.2, -0.15) is 0 Å². The zero-order valence-corrected chi connectivity index (χ0v) is 19.2. The maximum atomic E-state index is 12.7. The predicted molar refractivity (Wildman–Crippen MR) is 122 cm³/mol. The average molecular weight is 479 g/mol. The normalized spacial score (nSPS) is 11.4. The van der Waals surface area contributed by atoms with Crippen molar-refractivity contribution in [1.82, 2.24) is 9.29 Å². The molecule has 3 aromatic rings. The molecule has 8 nitrogen and oxygen atoms in total. The molecule has 162 valence electrons. The minimum Gasteiger partial charge on any atom is -0.326 e. The Hall–Kier alpha value is -2.79. The van der Waals surface area contributed by atoms with Crippen molar-refractivity contribution in [2.45, 2.75) is 11.8 Å². The van der Waals surface area contributed by atoms with Crippen LogP contribution in [0.3, 0.4) is 0 Å². The second-order valence-electron chi connectivity index (χ2n) is 6.68. The van der Waals surface area contributed by atoms with Crippen LogP contribution < -0.4 is 10.6 Å². The van der Waals surface area contributed by atoms with Crippen molar-refractivity contribution < 1.29 is 18.0 Å². The topological polar surface area (TPSA) is 108 Å². The van der Waals surface area contributed by atoms with Gasteiger partial charge in [-0.25, -0.2) is 17.7 Å². The Bertz CT molecular complexity index is 1240. The highest BCUT2D eigenvalue weighted by Crippen LogP contribution is 2.28. The summed E-state index contributed by atoms with van der Waals surface area (Å²) in [5.41, 5.74) is 2.15. The first-order chi connectivity index (χ1) is 14.6. The quantitative estimate of drug-likeness (QED) is 0.558. The van der Waals surface area contributed by atoms with Gasteiger partial charge in [-0.3, -0.25) is 14.9 Å². The number of hydrogen-bond acceptors (Lipinski definition) is 6. The highest BCUT2D eigenvalue weighted by molar-refractivity contribution is 7.89. The summed E-state index contributed by atoms with van der Waals surface area (Å²) in [5, 5.41) is 7.58. The van der Waals surface area contributed by atoms with Gasteiger partial charge in [0.1, 0.15) is 0 Å². The number of nitrogens with zero attached hydrogens (tertiary/aromatic N) is 2. The van der Waals surface area contributed by atoms with Gasteiger partial charge in [0.2, 0.25) is 15.9 Å². The number of nitrogens with one attached hydrogen (secondary N) is 2. The van der Waals surface area contributed by atoms with Crippen LogP contribution in [0, 0.1) is 0 Å². The second kappa shape index (κ2) is 9.15. The highest BCUT2D eigenvalue weighted by Gasteiger charge is 2.21. The molecular weight excluding hydrogens is 460 g/mol. The van der Waals surface area contributed by atoms with Crippen molar-refractivity contribution in [1.29, 1.82) is 0 Å². The Morgan fingerprint density at radius 3 is 2.35 bits per heavy atom. The van der Waals surface area contributed by atoms with Gasteiger partial charge in [0.25, 0.3) is 5.91 Å². The van der Waals surface area contributed by atoms with Gasteiger partial charge >= 0.3 is 0 Å². The molecule has 1 aromatic heterocycles. The Morgan fingerprint density at radius 1 is 1.06 bits per heavy atom. The van der Waals surface area contributed by atoms with Gasteiger partial charge in [0.15, 0.2) is 5.13 Å². The Morgan fingerprint density at radius 2 is 1.74 bits per heavy atom. The number of anilines is 2. The van der Waals surface area contributed by atoms with Crippen molar-refractivity contribution in [3.05, 3.63) is 58.4 Å². The van der Waals surface area contributed by atoms with Crippen molar-refractivity contribution >= 4 is 55.6 Å². The summed E-state index contributed by atoms with van der Waals surface area (Å²) in [6.45, 7) is 1.43. The van der Waals surface area contributed by atoms with Gasteiger partial charge < -0.3 is 5.32 Å². The molecule has 2 N–H and O–H groups in total. The summed E-state index contributed by atoms with van der Waals surface area (Å²) in [6, 6.07) is 11.1. The van der Waals surface area contributed by atoms with E-state index in [1.165, 1.54) is 50.6 Å². The van der Waals surface area contributed by atoms with E-state index in [4.69, 9.17) is 11.6 Å². The highest BCUT2D eigenvalue weighted by atomic mass is 35.5. The maximum Gasteiger partial charge on any atom is 0.259 e. The summed E-state index contributed by atoms with van der Waals surface area (Å²) in [6.07, 6.45) is 0. The lowest BCUT2D eigenvalue weighted by Crippen LogP contribution is -2.23. The van der Waals surface area contributed by atoms with E-state index >= 15 is 0 Å². The first-order valence-corrected chi connectivity index (χ1v) is 11.6. The van der Waals surface area contributed by atoms with Gasteiger partial charge in [0.05, 0.1) is 21.2 Å². The summed E-state index contributed by atoms with van der Waals surface area (Å²) in [5.74, 6) is -0.727. The first kappa shape index (κ1) is 22.9. The number of carbonyl (C=O) groups excluding carboxylic acids is 2. The van der Waals surface area contributed by atoms with E-state index in [1.807, 2.05) is 0 Å². The zero-order chi connectivity index (χ0) is 22.8. The van der Waals surface area contributed by atoms with Gasteiger partial charge in [0, 0.05) is 37.6 Å². The number of thiazole rings is 1. The zero-order valence-electron chi connectivity index (χ0n) is 16.8. The largest absolute Gasteiger partial charge is 0.326 e. The Kier molecular flexibility index (Phi) is 6.75. The lowest BCUT2D eigenvalue weighted by molar-refractivity contribution is -0.114. The Balaban J connectivity index is 1.79. The molecule has 31 heavy (non-hydrogen) atoms. The molecule has 0 atom stereocenters. The number of benzene rings is 2. The monoisotopic (exact) mass is 478 g/mol. The van der Waals surface area contributed by atoms with E-state index in [0.717, 1.165) is 9.87 Å². The summed E-state index contributed by atoms with van der Waals surface area (Å²) < 4.78 is 25.7. The number of sulfonamides is 1. The summed E-state index contributed by atoms with van der Waals surface area (Å²) >= 11 is 7.34. The maximum absolute atomic E-state index is 12.7. The fourth-order valence-electron chi connectivity index (χ4n) is 2.61. The Labute approximate surface area is 188 Å². The van der Waals surface area contributed by atoms with Gasteiger partial charge in [-0.1, -0.05) is 23.7 Å². The standard InChI is InChI=1S/C20H19ClN4O4S2/c1-12(26)22-14-6-4-13(5-7-14)18-11-30-20(23-18)24-19(27)16-10-15(8-9-17(16)21)31(28,29)25(2)3/h4-11H,1-3H3,(H,22,26)(H,23,24,27). The molecule has 2 aromatic carbocycles. The van der Waals surface area contributed by atoms with Crippen LogP contribution in [0.4, 0.5) is 10.8 Å². The minimum atomic E-state index is -3.71. The van der Waals surface area contributed by atoms with Crippen LogP contribution >= 0.6 is 22.9 Å². The van der Waals surface area contributed by atoms with E-state index < -0.39 is 15.9 Å². The molecule has 0 radical (unpaired) electrons. The summed E-state index contributed by atoms with van der Waals surface area (Å²) in [4.78, 5) is 28.2. The van der Waals surface area contributed by atoms with Crippen LogP contribution in [0.1, 0.15) is 17.3 Å². The van der Waals surface area contributed by atoms with Crippen LogP contribution in [0.15, 0.2) is 52.7 Å². The van der Waals surface area contributed by atoms with Gasteiger partial charge in [-0.05, 0) is 30.3 Å². The molecule has 0 saturated heterocycles. The van der Waals surface area contributed by atoms with E-state index in [9.17, 15) is 18.0 Å². The molecule has 0 aliphatic heterocycles. The fourth-order valence-corrected chi connectivity index (χ4v) is 4.45. The molecule has 3 rings (SSSR count). The first-order valence-electron chi connectivity index (χ1n) is 8.95. The third-order valence-corrected chi connectivity index (χ3v) is 7.09. The number of halogens is 1. The van der Waals surface area contributed by atoms with E-state index in [1.54, 1.807) is 29.6 Å². The van der Waals surface area contributed by atoms with E-state index in [-0.39, 0.29) is 21.4 Å². The van der Waals surface area contributed by atoms with Crippen molar-refractivity contribution in [3.8, 4) is 11.3 Å². The smallest absolute Gasteiger partial charge is 0.259 e. The van der Waals surface area contributed by atoms with Crippen LogP contribution in [0.2, 0.25) is 5.02 Å². The molecular formula is C20H19ClN4O4S2. The lowest BCUT2D eigenvalue weighted by Gasteiger charge is -2.13. The molecule has 0 saturated carbocycles. The third-order valence-electron chi connectivity index (χ3n) is 4.19. The molecule has 0 aliphatic carbocycles. The number of aromatic nitrogens is 1. The van der Waals surface area contributed by atoms with E-state index in [2.05, 4.69) is 15.6 Å². The fraction of sp³-hybridized carbons (Fsp3) is 0.150. The second-order valence-corrected chi connectivity index (χ2v) is 10.1. The molecule has 2 amide bonds. The number of hydrogen-bond donors (Lipinski definition) is 2. The molecule has 0 bridgehead atoms. The molecule has 0 fully saturated rings. The molecule has 0 aliphatic rings. The van der Waals surface area contributed by atoms with Crippen molar-refractivity contribution in [3.63, 3.8) is 0 Å². The predicted octanol–water partition coefficient (Wildman–Crippen LogP) is 3.92. The molecule has 11 heteroatoms. The van der Waals surface area contributed by atoms with Gasteiger partial charge in [-0.15, -0.1) is 11.3 Å². The van der Waals surface area contributed by atoms with Crippen LogP contribution in [0.25, 0.3) is 11.3 Å². The summed E-state index contributed by atoms with van der Waals surface area (Å²) in [7, 11) is -0.898. The molecule has 0 spiro atoms. The van der Waals surface area contributed by atoms with Crippen LogP contribution in [-0.4, -0.2) is 43.6 Å². The van der Waals surface area contributed by atoms with Crippen LogP contribution in [-0.2, 0) is 14.8 Å². The molecule has 0 unspecified atom stereocenters. The van der Waals surface area contributed by atoms with Crippen LogP contribution in [0.5, 0.6) is 0 Å². The number of carbonyl (C=O) groups is 2.